The van der Waals surface area contributed by atoms with Gasteiger partial charge in [0.1, 0.15) is 0 Å². The van der Waals surface area contributed by atoms with Gasteiger partial charge in [-0.2, -0.15) is 0 Å². The zero-order chi connectivity index (χ0) is 30.2. The van der Waals surface area contributed by atoms with Gasteiger partial charge in [-0.25, -0.2) is 15.0 Å². The van der Waals surface area contributed by atoms with Gasteiger partial charge in [0, 0.05) is 33.4 Å². The van der Waals surface area contributed by atoms with Crippen molar-refractivity contribution in [3.8, 4) is 45.3 Å². The normalized spacial score (nSPS) is 19.9. The first-order valence-corrected chi connectivity index (χ1v) is 16.6. The molecule has 4 aliphatic carbocycles. The number of allylic oxidation sites excluding steroid dienone is 4. The Morgan fingerprint density at radius 2 is 1.22 bits per heavy atom. The summed E-state index contributed by atoms with van der Waals surface area (Å²) in [5.41, 5.74) is 13.6. The second kappa shape index (κ2) is 9.94. The maximum Gasteiger partial charge on any atom is 0.164 e. The Hall–Kier alpha value is -4.63. The molecule has 0 N–H and O–H groups in total. The van der Waals surface area contributed by atoms with Crippen LogP contribution in [-0.2, 0) is 10.8 Å². The molecule has 1 heterocycles. The fourth-order valence-electron chi connectivity index (χ4n) is 8.86. The molecule has 1 saturated carbocycles. The molecule has 4 aromatic carbocycles. The summed E-state index contributed by atoms with van der Waals surface area (Å²) in [6, 6.07) is 32.6. The smallest absolute Gasteiger partial charge is 0.164 e. The van der Waals surface area contributed by atoms with Gasteiger partial charge < -0.3 is 0 Å². The molecule has 3 heteroatoms. The number of benzene rings is 4. The van der Waals surface area contributed by atoms with E-state index in [0.717, 1.165) is 23.1 Å². The fraction of sp³-hybridized carbons (Fsp3) is 0.262. The highest BCUT2D eigenvalue weighted by Gasteiger charge is 2.50. The summed E-state index contributed by atoms with van der Waals surface area (Å²) < 4.78 is 0. The summed E-state index contributed by atoms with van der Waals surface area (Å²) in [4.78, 5) is 15.0. The highest BCUT2D eigenvalue weighted by molar-refractivity contribution is 5.85. The van der Waals surface area contributed by atoms with E-state index in [2.05, 4.69) is 86.7 Å². The minimum Gasteiger partial charge on any atom is -0.208 e. The number of fused-ring (bicyclic) bond motifs is 8. The van der Waals surface area contributed by atoms with E-state index in [4.69, 9.17) is 15.0 Å². The maximum absolute atomic E-state index is 5.04. The molecule has 1 unspecified atom stereocenters. The molecular weight excluding hydrogens is 546 g/mol. The number of hydrogen-bond donors (Lipinski definition) is 0. The summed E-state index contributed by atoms with van der Waals surface area (Å²) in [5.74, 6) is 2.63. The minimum atomic E-state index is -0.121. The molecule has 1 atom stereocenters. The first-order valence-electron chi connectivity index (χ1n) is 16.6. The van der Waals surface area contributed by atoms with E-state index in [0.29, 0.717) is 23.4 Å². The van der Waals surface area contributed by atoms with Crippen molar-refractivity contribution in [3.05, 3.63) is 137 Å². The Kier molecular flexibility index (Phi) is 5.91. The molecule has 4 aliphatic rings. The van der Waals surface area contributed by atoms with Gasteiger partial charge in [-0.3, -0.25) is 0 Å². The van der Waals surface area contributed by atoms with Crippen LogP contribution in [0.25, 0.3) is 45.3 Å². The van der Waals surface area contributed by atoms with Gasteiger partial charge in [0.25, 0.3) is 0 Å². The van der Waals surface area contributed by atoms with Crippen molar-refractivity contribution >= 4 is 0 Å². The third-order valence-corrected chi connectivity index (χ3v) is 11.1. The summed E-state index contributed by atoms with van der Waals surface area (Å²) in [7, 11) is 0. The average molecular weight is 584 g/mol. The predicted octanol–water partition coefficient (Wildman–Crippen LogP) is 10.4. The second-order valence-electron chi connectivity index (χ2n) is 13.9. The zero-order valence-corrected chi connectivity index (χ0v) is 26.1. The molecule has 45 heavy (non-hydrogen) atoms. The van der Waals surface area contributed by atoms with E-state index in [-0.39, 0.29) is 10.8 Å². The van der Waals surface area contributed by atoms with E-state index < -0.39 is 0 Å². The van der Waals surface area contributed by atoms with Crippen molar-refractivity contribution in [1.29, 1.82) is 0 Å². The van der Waals surface area contributed by atoms with E-state index in [1.165, 1.54) is 54.4 Å². The van der Waals surface area contributed by atoms with Crippen LogP contribution in [0.4, 0.5) is 0 Å². The van der Waals surface area contributed by atoms with Gasteiger partial charge in [-0.15, -0.1) is 0 Å². The van der Waals surface area contributed by atoms with Crippen molar-refractivity contribution in [2.45, 2.75) is 69.1 Å². The number of nitrogens with zero attached hydrogens (tertiary/aromatic N) is 3. The lowest BCUT2D eigenvalue weighted by molar-refractivity contribution is 0.342. The molecule has 9 rings (SSSR count). The van der Waals surface area contributed by atoms with Crippen LogP contribution in [0.1, 0.15) is 80.5 Å². The molecule has 1 aromatic heterocycles. The number of rotatable bonds is 3. The van der Waals surface area contributed by atoms with Crippen LogP contribution >= 0.6 is 0 Å². The highest BCUT2D eigenvalue weighted by Crippen LogP contribution is 2.62. The van der Waals surface area contributed by atoms with Crippen LogP contribution in [0.3, 0.4) is 0 Å². The van der Waals surface area contributed by atoms with Crippen LogP contribution in [0, 0.1) is 0 Å². The van der Waals surface area contributed by atoms with E-state index in [9.17, 15) is 0 Å². The largest absolute Gasteiger partial charge is 0.208 e. The van der Waals surface area contributed by atoms with Crippen molar-refractivity contribution in [2.24, 2.45) is 0 Å². The SMILES string of the molecule is CC1(C)c2cc(-c3nc(-c4ccccc4)nc(-c4ccccc4)n3)ccc2-c2cc3c(cc21)C1CC=CC=C1C31CCCCC1. The lowest BCUT2D eigenvalue weighted by Crippen LogP contribution is -2.29. The van der Waals surface area contributed by atoms with Gasteiger partial charge in [0.2, 0.25) is 0 Å². The van der Waals surface area contributed by atoms with Gasteiger partial charge in [0.15, 0.2) is 17.5 Å². The molecule has 220 valence electrons. The third-order valence-electron chi connectivity index (χ3n) is 11.1. The van der Waals surface area contributed by atoms with E-state index >= 15 is 0 Å². The molecule has 3 nitrogen and oxygen atoms in total. The van der Waals surface area contributed by atoms with E-state index in [1.54, 1.807) is 16.7 Å². The lowest BCUT2D eigenvalue weighted by Gasteiger charge is -2.38. The van der Waals surface area contributed by atoms with Gasteiger partial charge in [-0.1, -0.05) is 136 Å². The molecule has 0 saturated heterocycles. The maximum atomic E-state index is 5.04. The van der Waals surface area contributed by atoms with Crippen molar-refractivity contribution < 1.29 is 0 Å². The van der Waals surface area contributed by atoms with Crippen molar-refractivity contribution in [3.63, 3.8) is 0 Å². The topological polar surface area (TPSA) is 38.7 Å². The Balaban J connectivity index is 1.19. The molecule has 0 bridgehead atoms. The van der Waals surface area contributed by atoms with Crippen LogP contribution in [0.15, 0.2) is 115 Å². The van der Waals surface area contributed by atoms with Gasteiger partial charge >= 0.3 is 0 Å². The Bertz CT molecular complexity index is 1970. The monoisotopic (exact) mass is 583 g/mol. The molecule has 5 aromatic rings. The Morgan fingerprint density at radius 3 is 1.89 bits per heavy atom. The predicted molar refractivity (Wildman–Crippen MR) is 183 cm³/mol. The van der Waals surface area contributed by atoms with Crippen LogP contribution in [0.2, 0.25) is 0 Å². The van der Waals surface area contributed by atoms with Crippen LogP contribution in [-0.4, -0.2) is 15.0 Å². The molecule has 1 fully saturated rings. The Morgan fingerprint density at radius 1 is 0.600 bits per heavy atom. The minimum absolute atomic E-state index is 0.121. The van der Waals surface area contributed by atoms with Crippen molar-refractivity contribution in [1.82, 2.24) is 15.0 Å². The quantitative estimate of drug-likeness (QED) is 0.212. The number of hydrogen-bond acceptors (Lipinski definition) is 3. The molecular formula is C42H37N3. The fourth-order valence-corrected chi connectivity index (χ4v) is 8.86. The third kappa shape index (κ3) is 3.99. The standard InChI is InChI=1S/C42H37N3/c1-41(2)35-24-29(40-44-38(27-14-6-3-7-15-27)43-39(45-40)28-16-8-4-9-17-28)20-21-31(35)32-26-37-33(25-36(32)41)30-18-10-11-19-34(30)42(37)22-12-5-13-23-42/h3-4,6-11,14-17,19-21,24-26,30H,5,12-13,18,22-23H2,1-2H3. The number of aromatic nitrogens is 3. The van der Waals surface area contributed by atoms with Crippen molar-refractivity contribution in [2.75, 3.05) is 0 Å². The second-order valence-corrected chi connectivity index (χ2v) is 13.9. The summed E-state index contributed by atoms with van der Waals surface area (Å²) in [6.07, 6.45) is 14.9. The molecule has 0 radical (unpaired) electrons. The van der Waals surface area contributed by atoms with Gasteiger partial charge in [0.05, 0.1) is 0 Å². The molecule has 0 amide bonds. The lowest BCUT2D eigenvalue weighted by atomic mass is 9.66. The average Bonchev–Trinajstić information content (AvgIpc) is 3.49. The molecule has 0 aliphatic heterocycles. The van der Waals surface area contributed by atoms with Gasteiger partial charge in [-0.05, 0) is 64.8 Å². The summed E-state index contributed by atoms with van der Waals surface area (Å²) >= 11 is 0. The first kappa shape index (κ1) is 26.7. The summed E-state index contributed by atoms with van der Waals surface area (Å²) in [5, 5.41) is 0. The summed E-state index contributed by atoms with van der Waals surface area (Å²) in [6.45, 7) is 4.80. The van der Waals surface area contributed by atoms with Crippen LogP contribution in [0.5, 0.6) is 0 Å². The van der Waals surface area contributed by atoms with E-state index in [1.807, 2.05) is 36.4 Å². The first-order chi connectivity index (χ1) is 22.0. The zero-order valence-electron chi connectivity index (χ0n) is 26.1. The molecule has 1 spiro atoms. The van der Waals surface area contributed by atoms with Crippen LogP contribution < -0.4 is 0 Å². The Labute approximate surface area is 265 Å². The highest BCUT2D eigenvalue weighted by atomic mass is 15.0.